The van der Waals surface area contributed by atoms with E-state index in [1.54, 1.807) is 0 Å². The van der Waals surface area contributed by atoms with Gasteiger partial charge in [-0.25, -0.2) is 0 Å². The normalized spacial score (nSPS) is 13.1. The quantitative estimate of drug-likeness (QED) is 0.568. The second-order valence-corrected chi connectivity index (χ2v) is 2.08. The van der Waals surface area contributed by atoms with Gasteiger partial charge in [0.05, 0.1) is 5.92 Å². The third-order valence-corrected chi connectivity index (χ3v) is 1.42. The van der Waals surface area contributed by atoms with Crippen molar-refractivity contribution in [1.82, 2.24) is 0 Å². The summed E-state index contributed by atoms with van der Waals surface area (Å²) in [6.45, 7) is 0.379. The molecule has 0 rings (SSSR count). The van der Waals surface area contributed by atoms with Crippen LogP contribution in [0.25, 0.3) is 0 Å². The lowest BCUT2D eigenvalue weighted by Crippen LogP contribution is -2.19. The molecule has 0 aromatic heterocycles. The van der Waals surface area contributed by atoms with Crippen LogP contribution in [-0.4, -0.2) is 23.5 Å². The molecular weight excluding hydrogens is 142 g/mol. The van der Waals surface area contributed by atoms with E-state index in [4.69, 9.17) is 22.4 Å². The van der Waals surface area contributed by atoms with E-state index in [9.17, 15) is 4.79 Å². The van der Waals surface area contributed by atoms with Crippen molar-refractivity contribution in [3.8, 4) is 0 Å². The van der Waals surface area contributed by atoms with Crippen LogP contribution in [0.4, 0.5) is 0 Å². The number of aliphatic carboxylic acids is 1. The molecule has 0 radical (unpaired) electrons. The van der Waals surface area contributed by atoms with E-state index in [0.29, 0.717) is 13.0 Å². The Labute approximate surface area is 58.8 Å². The summed E-state index contributed by atoms with van der Waals surface area (Å²) < 4.78 is 0. The van der Waals surface area contributed by atoms with Gasteiger partial charge in [-0.15, -0.1) is 11.6 Å². The van der Waals surface area contributed by atoms with Crippen LogP contribution in [0.3, 0.4) is 0 Å². The molecule has 0 saturated heterocycles. The molecule has 9 heavy (non-hydrogen) atoms. The highest BCUT2D eigenvalue weighted by molar-refractivity contribution is 6.19. The van der Waals surface area contributed by atoms with E-state index in [1.807, 2.05) is 0 Å². The number of hydrogen-bond donors (Lipinski definition) is 2. The number of hydrogen-bond acceptors (Lipinski definition) is 2. The average Bonchev–Trinajstić information content (AvgIpc) is 1.82. The molecule has 1 unspecified atom stereocenters. The Balaban J connectivity index is 3.54. The monoisotopic (exact) mass is 151 g/mol. The summed E-state index contributed by atoms with van der Waals surface area (Å²) >= 11 is 5.30. The minimum absolute atomic E-state index is 0.145. The predicted molar refractivity (Wildman–Crippen MR) is 35.5 cm³/mol. The molecule has 0 fully saturated rings. The zero-order valence-electron chi connectivity index (χ0n) is 5.01. The van der Waals surface area contributed by atoms with Crippen LogP contribution < -0.4 is 5.73 Å². The Morgan fingerprint density at radius 3 is 2.44 bits per heavy atom. The Bertz CT molecular complexity index is 97.0. The van der Waals surface area contributed by atoms with E-state index >= 15 is 0 Å². The zero-order valence-corrected chi connectivity index (χ0v) is 5.77. The molecule has 0 aromatic rings. The molecule has 0 spiro atoms. The molecule has 0 amide bonds. The first-order valence-corrected chi connectivity index (χ1v) is 3.24. The Morgan fingerprint density at radius 2 is 2.33 bits per heavy atom. The van der Waals surface area contributed by atoms with Crippen molar-refractivity contribution in [2.45, 2.75) is 6.42 Å². The van der Waals surface area contributed by atoms with Crippen molar-refractivity contribution in [2.75, 3.05) is 12.4 Å². The van der Waals surface area contributed by atoms with Crippen LogP contribution in [0.15, 0.2) is 0 Å². The number of rotatable bonds is 4. The molecule has 4 heteroatoms. The van der Waals surface area contributed by atoms with Crippen molar-refractivity contribution >= 4 is 17.6 Å². The second kappa shape index (κ2) is 4.58. The SMILES string of the molecule is NCCC(CCl)C(=O)O. The van der Waals surface area contributed by atoms with Crippen LogP contribution in [0.5, 0.6) is 0 Å². The predicted octanol–water partition coefficient (Wildman–Crippen LogP) is 0.275. The van der Waals surface area contributed by atoms with E-state index < -0.39 is 11.9 Å². The van der Waals surface area contributed by atoms with E-state index in [1.165, 1.54) is 0 Å². The maximum Gasteiger partial charge on any atom is 0.307 e. The summed E-state index contributed by atoms with van der Waals surface area (Å²) in [7, 11) is 0. The maximum atomic E-state index is 10.2. The first-order chi connectivity index (χ1) is 4.22. The number of alkyl halides is 1. The number of carbonyl (C=O) groups is 1. The second-order valence-electron chi connectivity index (χ2n) is 1.77. The molecule has 0 aliphatic carbocycles. The molecular formula is C5H10ClNO2. The van der Waals surface area contributed by atoms with Gasteiger partial charge in [0.1, 0.15) is 0 Å². The topological polar surface area (TPSA) is 63.3 Å². The lowest BCUT2D eigenvalue weighted by atomic mass is 10.1. The molecule has 54 valence electrons. The molecule has 0 saturated carbocycles. The third kappa shape index (κ3) is 3.32. The van der Waals surface area contributed by atoms with Gasteiger partial charge in [0, 0.05) is 5.88 Å². The molecule has 0 aliphatic heterocycles. The van der Waals surface area contributed by atoms with Crippen LogP contribution in [0.2, 0.25) is 0 Å². The Hall–Kier alpha value is -0.280. The van der Waals surface area contributed by atoms with Gasteiger partial charge < -0.3 is 10.8 Å². The van der Waals surface area contributed by atoms with Crippen molar-refractivity contribution < 1.29 is 9.90 Å². The minimum Gasteiger partial charge on any atom is -0.481 e. The first-order valence-electron chi connectivity index (χ1n) is 2.71. The number of carboxylic acids is 1. The van der Waals surface area contributed by atoms with Crippen molar-refractivity contribution in [1.29, 1.82) is 0 Å². The lowest BCUT2D eigenvalue weighted by Gasteiger charge is -2.04. The van der Waals surface area contributed by atoms with Gasteiger partial charge in [0.2, 0.25) is 0 Å². The summed E-state index contributed by atoms with van der Waals surface area (Å²) in [5.41, 5.74) is 5.12. The van der Waals surface area contributed by atoms with E-state index in [-0.39, 0.29) is 5.88 Å². The fourth-order valence-corrected chi connectivity index (χ4v) is 0.754. The molecule has 0 bridgehead atoms. The minimum atomic E-state index is -0.865. The van der Waals surface area contributed by atoms with Crippen molar-refractivity contribution in [3.63, 3.8) is 0 Å². The fraction of sp³-hybridized carbons (Fsp3) is 0.800. The van der Waals surface area contributed by atoms with Gasteiger partial charge in [0.15, 0.2) is 0 Å². The smallest absolute Gasteiger partial charge is 0.307 e. The van der Waals surface area contributed by atoms with E-state index in [0.717, 1.165) is 0 Å². The maximum absolute atomic E-state index is 10.2. The van der Waals surface area contributed by atoms with Gasteiger partial charge in [-0.2, -0.15) is 0 Å². The summed E-state index contributed by atoms with van der Waals surface area (Å²) in [4.78, 5) is 10.2. The summed E-state index contributed by atoms with van der Waals surface area (Å²) in [5.74, 6) is -1.20. The van der Waals surface area contributed by atoms with Gasteiger partial charge >= 0.3 is 5.97 Å². The van der Waals surface area contributed by atoms with E-state index in [2.05, 4.69) is 0 Å². The summed E-state index contributed by atoms with van der Waals surface area (Å²) in [5, 5.41) is 8.36. The molecule has 3 nitrogen and oxygen atoms in total. The average molecular weight is 152 g/mol. The highest BCUT2D eigenvalue weighted by atomic mass is 35.5. The van der Waals surface area contributed by atoms with Crippen molar-refractivity contribution in [3.05, 3.63) is 0 Å². The Morgan fingerprint density at radius 1 is 1.78 bits per heavy atom. The Kier molecular flexibility index (Phi) is 4.44. The molecule has 0 heterocycles. The van der Waals surface area contributed by atoms with Crippen LogP contribution in [-0.2, 0) is 4.79 Å². The largest absolute Gasteiger partial charge is 0.481 e. The number of carboxylic acid groups (broad SMARTS) is 1. The zero-order chi connectivity index (χ0) is 7.28. The number of halogens is 1. The van der Waals surface area contributed by atoms with Crippen LogP contribution in [0, 0.1) is 5.92 Å². The standard InChI is InChI=1S/C5H10ClNO2/c6-3-4(1-2-7)5(8)9/h4H,1-3,7H2,(H,8,9). The fourth-order valence-electron chi connectivity index (χ4n) is 0.468. The van der Waals surface area contributed by atoms with Gasteiger partial charge in [0.25, 0.3) is 0 Å². The number of nitrogens with two attached hydrogens (primary N) is 1. The molecule has 0 aromatic carbocycles. The van der Waals surface area contributed by atoms with Crippen LogP contribution in [0.1, 0.15) is 6.42 Å². The summed E-state index contributed by atoms with van der Waals surface area (Å²) in [6.07, 6.45) is 0.457. The highest BCUT2D eigenvalue weighted by Crippen LogP contribution is 2.03. The van der Waals surface area contributed by atoms with Crippen molar-refractivity contribution in [2.24, 2.45) is 11.7 Å². The van der Waals surface area contributed by atoms with Gasteiger partial charge in [-0.3, -0.25) is 4.79 Å². The summed E-state index contributed by atoms with van der Waals surface area (Å²) in [6, 6.07) is 0. The van der Waals surface area contributed by atoms with Gasteiger partial charge in [-0.05, 0) is 13.0 Å². The lowest BCUT2D eigenvalue weighted by molar-refractivity contribution is -0.141. The molecule has 0 aliphatic rings. The molecule has 3 N–H and O–H groups in total. The van der Waals surface area contributed by atoms with Gasteiger partial charge in [-0.1, -0.05) is 0 Å². The highest BCUT2D eigenvalue weighted by Gasteiger charge is 2.13. The van der Waals surface area contributed by atoms with Crippen LogP contribution >= 0.6 is 11.6 Å². The third-order valence-electron chi connectivity index (χ3n) is 1.05. The molecule has 1 atom stereocenters. The first kappa shape index (κ1) is 8.72.